The molecule has 1 aromatic rings. The summed E-state index contributed by atoms with van der Waals surface area (Å²) in [5, 5.41) is 5.49. The van der Waals surface area contributed by atoms with Crippen LogP contribution < -0.4 is 16.4 Å². The number of benzene rings is 1. The Hall–Kier alpha value is -2.04. The van der Waals surface area contributed by atoms with Gasteiger partial charge in [0, 0.05) is 17.8 Å². The summed E-state index contributed by atoms with van der Waals surface area (Å²) < 4.78 is 0. The predicted octanol–water partition coefficient (Wildman–Crippen LogP) is 0.586. The smallest absolute Gasteiger partial charge is 0.252 e. The lowest BCUT2D eigenvalue weighted by molar-refractivity contribution is -0.124. The fraction of sp³-hybridized carbons (Fsp3) is 0.385. The van der Waals surface area contributed by atoms with Crippen LogP contribution in [0.5, 0.6) is 0 Å². The van der Waals surface area contributed by atoms with E-state index in [0.717, 1.165) is 12.0 Å². The van der Waals surface area contributed by atoms with Crippen LogP contribution in [0.2, 0.25) is 0 Å². The van der Waals surface area contributed by atoms with Crippen molar-refractivity contribution in [2.45, 2.75) is 25.8 Å². The Bertz CT molecular complexity index is 485. The molecule has 1 saturated heterocycles. The summed E-state index contributed by atoms with van der Waals surface area (Å²) in [6.07, 6.45) is 1.57. The zero-order valence-corrected chi connectivity index (χ0v) is 10.3. The van der Waals surface area contributed by atoms with Crippen LogP contribution in [0.4, 0.5) is 5.69 Å². The minimum Gasteiger partial charge on any atom is -0.399 e. The molecule has 0 aromatic heterocycles. The first kappa shape index (κ1) is 12.4. The van der Waals surface area contributed by atoms with Crippen LogP contribution >= 0.6 is 0 Å². The maximum absolute atomic E-state index is 12.1. The highest BCUT2D eigenvalue weighted by molar-refractivity contribution is 5.99. The van der Waals surface area contributed by atoms with Gasteiger partial charge in [-0.2, -0.15) is 0 Å². The summed E-state index contributed by atoms with van der Waals surface area (Å²) in [6.45, 7) is 2.51. The molecule has 1 fully saturated rings. The second kappa shape index (κ2) is 5.08. The fourth-order valence-electron chi connectivity index (χ4n) is 2.09. The third kappa shape index (κ3) is 2.61. The molecule has 1 heterocycles. The van der Waals surface area contributed by atoms with Gasteiger partial charge in [0.15, 0.2) is 0 Å². The third-order valence-electron chi connectivity index (χ3n) is 3.09. The first-order valence-corrected chi connectivity index (χ1v) is 6.02. The molecule has 0 radical (unpaired) electrons. The summed E-state index contributed by atoms with van der Waals surface area (Å²) in [4.78, 5) is 23.6. The Morgan fingerprint density at radius 2 is 2.28 bits per heavy atom. The van der Waals surface area contributed by atoms with E-state index < -0.39 is 6.04 Å². The fourth-order valence-corrected chi connectivity index (χ4v) is 2.09. The maximum Gasteiger partial charge on any atom is 0.252 e. The van der Waals surface area contributed by atoms with E-state index in [1.165, 1.54) is 0 Å². The van der Waals surface area contributed by atoms with Crippen molar-refractivity contribution in [2.75, 3.05) is 12.3 Å². The van der Waals surface area contributed by atoms with Crippen molar-refractivity contribution in [3.8, 4) is 0 Å². The molecule has 1 aliphatic heterocycles. The monoisotopic (exact) mass is 247 g/mol. The lowest BCUT2D eigenvalue weighted by Crippen LogP contribution is -2.50. The molecule has 18 heavy (non-hydrogen) atoms. The molecule has 96 valence electrons. The molecule has 0 aliphatic carbocycles. The van der Waals surface area contributed by atoms with Gasteiger partial charge < -0.3 is 16.4 Å². The number of hydrogen-bond acceptors (Lipinski definition) is 3. The number of carbonyl (C=O) groups is 2. The number of piperidine rings is 1. The van der Waals surface area contributed by atoms with E-state index in [9.17, 15) is 9.59 Å². The Labute approximate surface area is 106 Å². The van der Waals surface area contributed by atoms with Crippen LogP contribution in [0.3, 0.4) is 0 Å². The minimum absolute atomic E-state index is 0.109. The lowest BCUT2D eigenvalue weighted by Gasteiger charge is -2.23. The van der Waals surface area contributed by atoms with E-state index >= 15 is 0 Å². The van der Waals surface area contributed by atoms with Crippen molar-refractivity contribution in [2.24, 2.45) is 0 Å². The first-order chi connectivity index (χ1) is 8.58. The average Bonchev–Trinajstić information content (AvgIpc) is 2.32. The quantitative estimate of drug-likeness (QED) is 0.669. The van der Waals surface area contributed by atoms with E-state index in [0.29, 0.717) is 24.2 Å². The highest BCUT2D eigenvalue weighted by Crippen LogP contribution is 2.13. The van der Waals surface area contributed by atoms with Gasteiger partial charge >= 0.3 is 0 Å². The van der Waals surface area contributed by atoms with Crippen LogP contribution in [0.25, 0.3) is 0 Å². The molecule has 1 atom stereocenters. The highest BCUT2D eigenvalue weighted by Gasteiger charge is 2.24. The standard InChI is InChI=1S/C13H17N3O2/c1-8-7-9(14)4-5-10(8)12(17)16-11-3-2-6-15-13(11)18/h4-5,7,11H,2-3,6,14H2,1H3,(H,15,18)(H,16,17). The van der Waals surface area contributed by atoms with Gasteiger partial charge in [-0.15, -0.1) is 0 Å². The van der Waals surface area contributed by atoms with Crippen LogP contribution in [-0.4, -0.2) is 24.4 Å². The predicted molar refractivity (Wildman–Crippen MR) is 69.1 cm³/mol. The number of nitrogens with one attached hydrogen (secondary N) is 2. The van der Waals surface area contributed by atoms with Crippen molar-refractivity contribution in [3.05, 3.63) is 29.3 Å². The summed E-state index contributed by atoms with van der Waals surface area (Å²) >= 11 is 0. The first-order valence-electron chi connectivity index (χ1n) is 6.02. The van der Waals surface area contributed by atoms with Crippen LogP contribution in [-0.2, 0) is 4.79 Å². The number of aryl methyl sites for hydroxylation is 1. The molecule has 4 N–H and O–H groups in total. The Kier molecular flexibility index (Phi) is 3.50. The van der Waals surface area contributed by atoms with Gasteiger partial charge in [-0.25, -0.2) is 0 Å². The molecule has 0 saturated carbocycles. The zero-order valence-electron chi connectivity index (χ0n) is 10.3. The number of rotatable bonds is 2. The number of hydrogen-bond donors (Lipinski definition) is 3. The van der Waals surface area contributed by atoms with Gasteiger partial charge in [0.1, 0.15) is 6.04 Å². The van der Waals surface area contributed by atoms with E-state index in [-0.39, 0.29) is 11.8 Å². The van der Waals surface area contributed by atoms with Crippen molar-refractivity contribution in [3.63, 3.8) is 0 Å². The second-order valence-corrected chi connectivity index (χ2v) is 4.53. The van der Waals surface area contributed by atoms with Gasteiger partial charge in [-0.3, -0.25) is 9.59 Å². The van der Waals surface area contributed by atoms with E-state index in [1.54, 1.807) is 18.2 Å². The van der Waals surface area contributed by atoms with Crippen LogP contribution in [0.1, 0.15) is 28.8 Å². The highest BCUT2D eigenvalue weighted by atomic mass is 16.2. The number of amides is 2. The molecular weight excluding hydrogens is 230 g/mol. The van der Waals surface area contributed by atoms with Crippen LogP contribution in [0.15, 0.2) is 18.2 Å². The normalized spacial score (nSPS) is 19.2. The lowest BCUT2D eigenvalue weighted by atomic mass is 10.0. The number of nitrogen functional groups attached to an aromatic ring is 1. The largest absolute Gasteiger partial charge is 0.399 e. The summed E-state index contributed by atoms with van der Waals surface area (Å²) in [7, 11) is 0. The molecule has 2 rings (SSSR count). The van der Waals surface area contributed by atoms with Gasteiger partial charge in [-0.1, -0.05) is 0 Å². The average molecular weight is 247 g/mol. The maximum atomic E-state index is 12.1. The Morgan fingerprint density at radius 1 is 1.50 bits per heavy atom. The molecular formula is C13H17N3O2. The minimum atomic E-state index is -0.428. The summed E-state index contributed by atoms with van der Waals surface area (Å²) in [5.41, 5.74) is 7.63. The summed E-state index contributed by atoms with van der Waals surface area (Å²) in [5.74, 6) is -0.336. The zero-order chi connectivity index (χ0) is 13.1. The van der Waals surface area contributed by atoms with Gasteiger partial charge in [0.2, 0.25) is 5.91 Å². The SMILES string of the molecule is Cc1cc(N)ccc1C(=O)NC1CCCNC1=O. The topological polar surface area (TPSA) is 84.2 Å². The second-order valence-electron chi connectivity index (χ2n) is 4.53. The molecule has 1 aromatic carbocycles. The van der Waals surface area contributed by atoms with Crippen molar-refractivity contribution < 1.29 is 9.59 Å². The third-order valence-corrected chi connectivity index (χ3v) is 3.09. The molecule has 1 unspecified atom stereocenters. The molecule has 5 heteroatoms. The van der Waals surface area contributed by atoms with Gasteiger partial charge in [0.25, 0.3) is 5.91 Å². The summed E-state index contributed by atoms with van der Waals surface area (Å²) in [6, 6.07) is 4.68. The Morgan fingerprint density at radius 3 is 2.94 bits per heavy atom. The Balaban J connectivity index is 2.09. The van der Waals surface area contributed by atoms with Crippen molar-refractivity contribution in [1.29, 1.82) is 0 Å². The van der Waals surface area contributed by atoms with E-state index in [4.69, 9.17) is 5.73 Å². The van der Waals surface area contributed by atoms with E-state index in [2.05, 4.69) is 10.6 Å². The number of nitrogens with two attached hydrogens (primary N) is 1. The van der Waals surface area contributed by atoms with Crippen LogP contribution in [0, 0.1) is 6.92 Å². The van der Waals surface area contributed by atoms with Gasteiger partial charge in [-0.05, 0) is 43.5 Å². The molecule has 1 aliphatic rings. The number of carbonyl (C=O) groups excluding carboxylic acids is 2. The van der Waals surface area contributed by atoms with Crippen molar-refractivity contribution in [1.82, 2.24) is 10.6 Å². The van der Waals surface area contributed by atoms with Crippen molar-refractivity contribution >= 4 is 17.5 Å². The van der Waals surface area contributed by atoms with E-state index in [1.807, 2.05) is 6.92 Å². The number of anilines is 1. The molecule has 5 nitrogen and oxygen atoms in total. The van der Waals surface area contributed by atoms with Gasteiger partial charge in [0.05, 0.1) is 0 Å². The molecule has 0 bridgehead atoms. The molecule has 2 amide bonds. The molecule has 0 spiro atoms.